The van der Waals surface area contributed by atoms with E-state index in [2.05, 4.69) is 289 Å². The third kappa shape index (κ3) is 6.63. The number of anilines is 6. The molecule has 0 bridgehead atoms. The van der Waals surface area contributed by atoms with E-state index in [1.54, 1.807) is 0 Å². The van der Waals surface area contributed by atoms with Gasteiger partial charge in [-0.2, -0.15) is 0 Å². The van der Waals surface area contributed by atoms with Crippen molar-refractivity contribution in [2.24, 2.45) is 16.2 Å². The molecule has 0 saturated heterocycles. The second-order valence-electron chi connectivity index (χ2n) is 29.1. The van der Waals surface area contributed by atoms with Crippen molar-refractivity contribution in [3.63, 3.8) is 0 Å². The van der Waals surface area contributed by atoms with Gasteiger partial charge < -0.3 is 14.7 Å². The molecule has 3 aliphatic carbocycles. The van der Waals surface area contributed by atoms with Crippen LogP contribution in [0.5, 0.6) is 0 Å². The van der Waals surface area contributed by atoms with Gasteiger partial charge in [-0.3, -0.25) is 0 Å². The number of nitrogens with zero attached hydrogens (tertiary/aromatic N) is 3. The van der Waals surface area contributed by atoms with Crippen LogP contribution in [-0.2, 0) is 0 Å². The summed E-state index contributed by atoms with van der Waals surface area (Å²) in [6.07, 6.45) is 7.12. The van der Waals surface area contributed by atoms with E-state index >= 15 is 0 Å². The molecule has 420 valence electrons. The Bertz CT molecular complexity index is 4390. The highest BCUT2D eigenvalue weighted by Crippen LogP contribution is 2.69. The van der Waals surface area contributed by atoms with Gasteiger partial charge in [0.25, 0.3) is 0 Å². The van der Waals surface area contributed by atoms with Crippen molar-refractivity contribution in [3.05, 3.63) is 229 Å². The third-order valence-electron chi connectivity index (χ3n) is 24.6. The van der Waals surface area contributed by atoms with Crippen LogP contribution in [0, 0.1) is 16.2 Å². The number of rotatable bonds is 7. The zero-order valence-corrected chi connectivity index (χ0v) is 51.0. The highest BCUT2D eigenvalue weighted by molar-refractivity contribution is 6.32. The lowest BCUT2D eigenvalue weighted by molar-refractivity contribution is 0.222. The van der Waals surface area contributed by atoms with Gasteiger partial charge in [0.1, 0.15) is 0 Å². The molecule has 3 nitrogen and oxygen atoms in total. The molecular weight excluding hydrogens is 1030 g/mol. The zero-order valence-electron chi connectivity index (χ0n) is 51.0. The van der Waals surface area contributed by atoms with Crippen molar-refractivity contribution < 1.29 is 0 Å². The summed E-state index contributed by atoms with van der Waals surface area (Å²) in [4.78, 5) is 8.16. The molecule has 0 spiro atoms. The molecule has 17 rings (SSSR count). The maximum absolute atomic E-state index is 2.72. The van der Waals surface area contributed by atoms with E-state index in [1.807, 2.05) is 0 Å². The van der Waals surface area contributed by atoms with E-state index < -0.39 is 0 Å². The van der Waals surface area contributed by atoms with Crippen molar-refractivity contribution in [1.82, 2.24) is 0 Å². The van der Waals surface area contributed by atoms with Gasteiger partial charge in [-0.05, 0) is 254 Å². The lowest BCUT2D eigenvalue weighted by Crippen LogP contribution is -2.50. The normalized spacial score (nSPS) is 25.4. The maximum atomic E-state index is 2.72. The first-order valence-corrected chi connectivity index (χ1v) is 31.9. The van der Waals surface area contributed by atoms with Gasteiger partial charge in [0.15, 0.2) is 0 Å². The van der Waals surface area contributed by atoms with Crippen LogP contribution in [0.15, 0.2) is 212 Å². The van der Waals surface area contributed by atoms with Gasteiger partial charge in [-0.25, -0.2) is 0 Å². The second-order valence-corrected chi connectivity index (χ2v) is 29.1. The van der Waals surface area contributed by atoms with E-state index in [0.717, 1.165) is 0 Å². The van der Waals surface area contributed by atoms with Crippen molar-refractivity contribution in [2.75, 3.05) is 14.7 Å². The van der Waals surface area contributed by atoms with Crippen LogP contribution >= 0.6 is 0 Å². The molecule has 6 aliphatic rings. The van der Waals surface area contributed by atoms with E-state index in [1.165, 1.54) is 166 Å². The molecule has 3 heterocycles. The molecule has 6 atom stereocenters. The van der Waals surface area contributed by atoms with Gasteiger partial charge in [0.05, 0.1) is 16.6 Å². The van der Waals surface area contributed by atoms with Gasteiger partial charge in [0, 0.05) is 51.9 Å². The lowest BCUT2D eigenvalue weighted by atomic mass is 9.72. The summed E-state index contributed by atoms with van der Waals surface area (Å²) >= 11 is 0. The highest BCUT2D eigenvalue weighted by atomic mass is 15.3. The highest BCUT2D eigenvalue weighted by Gasteiger charge is 2.63. The summed E-state index contributed by atoms with van der Waals surface area (Å²) in [5.41, 5.74) is 22.9. The molecule has 11 aromatic carbocycles. The fraction of sp³-hybridized carbons (Fsp3) is 0.293. The topological polar surface area (TPSA) is 9.72 Å². The number of para-hydroxylation sites is 3. The summed E-state index contributed by atoms with van der Waals surface area (Å²) in [7, 11) is 0. The Balaban J connectivity index is 0.931. The van der Waals surface area contributed by atoms with Crippen LogP contribution in [0.2, 0.25) is 0 Å². The summed E-state index contributed by atoms with van der Waals surface area (Å²) in [6.45, 7) is 22.7. The molecule has 3 heteroatoms. The average molecular weight is 1100 g/mol. The number of hydrogen-bond acceptors (Lipinski definition) is 3. The first-order chi connectivity index (χ1) is 41.0. The Labute approximate surface area is 503 Å². The Morgan fingerprint density at radius 3 is 0.847 bits per heavy atom. The van der Waals surface area contributed by atoms with Gasteiger partial charge >= 0.3 is 0 Å². The van der Waals surface area contributed by atoms with E-state index in [9.17, 15) is 0 Å². The fourth-order valence-electron chi connectivity index (χ4n) is 19.2. The van der Waals surface area contributed by atoms with Crippen LogP contribution in [0.3, 0.4) is 0 Å². The number of fused-ring (bicyclic) bond motifs is 9. The van der Waals surface area contributed by atoms with Gasteiger partial charge in [-0.1, -0.05) is 169 Å². The first kappa shape index (κ1) is 51.3. The van der Waals surface area contributed by atoms with Crippen molar-refractivity contribution in [3.8, 4) is 44.5 Å². The Hall–Kier alpha value is -8.14. The van der Waals surface area contributed by atoms with Gasteiger partial charge in [-0.15, -0.1) is 0 Å². The quantitative estimate of drug-likeness (QED) is 0.147. The van der Waals surface area contributed by atoms with Crippen LogP contribution in [0.1, 0.15) is 135 Å². The van der Waals surface area contributed by atoms with Crippen LogP contribution < -0.4 is 14.7 Å². The number of benzene rings is 11. The average Bonchev–Trinajstić information content (AvgIpc) is 1.67. The zero-order chi connectivity index (χ0) is 57.7. The standard InChI is InChI=1S/C82H77N3/c1-77(2)43-40-69-66-46-52(30-37-72(66)83(80(69,77)7)55-24-16-11-17-25-55)63-49-62(51-22-14-10-15-23-51)58-33-34-60-64(53-31-38-73-67(47-53)70-41-44-78(3,4)81(70,8)84(73)56-26-18-12-19-27-56)50-65(61-36-35-59(63)75(58)76(60)61)54-32-39-74-68(48-54)71-42-45-79(5,6)82(71,9)85(74)57-28-20-13-21-29-57/h10-39,46-50,69-71H,40-45H2,1-9H3. The third-order valence-corrected chi connectivity index (χ3v) is 24.6. The van der Waals surface area contributed by atoms with Crippen LogP contribution in [0.25, 0.3) is 76.8 Å². The maximum Gasteiger partial charge on any atom is 0.0543 e. The van der Waals surface area contributed by atoms with Gasteiger partial charge in [0.2, 0.25) is 0 Å². The lowest BCUT2D eigenvalue weighted by Gasteiger charge is -2.47. The minimum atomic E-state index is -0.0707. The molecule has 85 heavy (non-hydrogen) atoms. The SMILES string of the molecule is CC1(C)CCC2c3cc(-c4cc(-c5ccccc5)c5ccc6c(-c7ccc8c(c7)C7CCC(C)(C)C7(C)N8c7ccccc7)cc(-c7ccc8c(c7)C7CCC(C)(C)C7(C)N8c7ccccc7)c7ccc4c5c67)ccc3N(c3ccccc3)C21C. The van der Waals surface area contributed by atoms with E-state index in [4.69, 9.17) is 0 Å². The molecule has 0 N–H and O–H groups in total. The number of hydrogen-bond donors (Lipinski definition) is 0. The first-order valence-electron chi connectivity index (χ1n) is 31.9. The van der Waals surface area contributed by atoms with Crippen LogP contribution in [-0.4, -0.2) is 16.6 Å². The summed E-state index contributed by atoms with van der Waals surface area (Å²) in [5, 5.41) is 7.98. The van der Waals surface area contributed by atoms with Crippen molar-refractivity contribution >= 4 is 66.4 Å². The fourth-order valence-corrected chi connectivity index (χ4v) is 19.2. The predicted molar refractivity (Wildman–Crippen MR) is 360 cm³/mol. The summed E-state index contributed by atoms with van der Waals surface area (Å²) in [6, 6.07) is 82.7. The smallest absolute Gasteiger partial charge is 0.0543 e. The molecule has 0 radical (unpaired) electrons. The minimum Gasteiger partial charge on any atom is -0.334 e. The van der Waals surface area contributed by atoms with Crippen LogP contribution in [0.4, 0.5) is 34.1 Å². The van der Waals surface area contributed by atoms with Crippen molar-refractivity contribution in [1.29, 1.82) is 0 Å². The second kappa shape index (κ2) is 17.5. The molecule has 0 amide bonds. The summed E-state index contributed by atoms with van der Waals surface area (Å²) in [5.74, 6) is 1.22. The Morgan fingerprint density at radius 1 is 0.282 bits per heavy atom. The minimum absolute atomic E-state index is 0.0616. The van der Waals surface area contributed by atoms with E-state index in [0.29, 0.717) is 17.8 Å². The largest absolute Gasteiger partial charge is 0.334 e. The predicted octanol–water partition coefficient (Wildman–Crippen LogP) is 22.7. The molecule has 3 aliphatic heterocycles. The molecule has 0 aromatic heterocycles. The van der Waals surface area contributed by atoms with E-state index in [-0.39, 0.29) is 32.9 Å². The summed E-state index contributed by atoms with van der Waals surface area (Å²) < 4.78 is 0. The molecular formula is C82H77N3. The molecule has 3 saturated carbocycles. The molecule has 11 aromatic rings. The monoisotopic (exact) mass is 1100 g/mol. The molecule has 3 fully saturated rings. The Morgan fingerprint density at radius 2 is 0.553 bits per heavy atom. The Kier molecular flexibility index (Phi) is 10.6. The van der Waals surface area contributed by atoms with Crippen molar-refractivity contribution in [2.45, 2.75) is 135 Å². The molecule has 6 unspecified atom stereocenters.